The molecule has 1 fully saturated rings. The Labute approximate surface area is 147 Å². The second-order valence-corrected chi connectivity index (χ2v) is 7.81. The first-order valence-electron chi connectivity index (χ1n) is 7.03. The van der Waals surface area contributed by atoms with Gasteiger partial charge in [-0.2, -0.15) is 0 Å². The van der Waals surface area contributed by atoms with Gasteiger partial charge in [0.2, 0.25) is 21.8 Å². The Bertz CT molecular complexity index is 928. The van der Waals surface area contributed by atoms with Crippen LogP contribution in [0.15, 0.2) is 57.9 Å². The minimum absolute atomic E-state index is 0.0756. The normalized spacial score (nSPS) is 18.2. The van der Waals surface area contributed by atoms with Crippen molar-refractivity contribution < 1.29 is 18.0 Å². The van der Waals surface area contributed by atoms with Crippen LogP contribution in [-0.4, -0.2) is 20.2 Å². The van der Waals surface area contributed by atoms with Gasteiger partial charge in [-0.3, -0.25) is 9.59 Å². The molecule has 1 atom stereocenters. The van der Waals surface area contributed by atoms with Crippen molar-refractivity contribution >= 4 is 43.5 Å². The average Bonchev–Trinajstić information content (AvgIpc) is 2.82. The predicted octanol–water partition coefficient (Wildman–Crippen LogP) is 2.14. The molecule has 1 heterocycles. The second-order valence-electron chi connectivity index (χ2n) is 5.39. The molecule has 0 radical (unpaired) electrons. The van der Waals surface area contributed by atoms with Crippen LogP contribution in [0.4, 0.5) is 5.69 Å². The third kappa shape index (κ3) is 3.00. The highest BCUT2D eigenvalue weighted by molar-refractivity contribution is 9.10. The third-order valence-electron chi connectivity index (χ3n) is 3.84. The number of sulfonamides is 1. The summed E-state index contributed by atoms with van der Waals surface area (Å²) < 4.78 is 23.1. The summed E-state index contributed by atoms with van der Waals surface area (Å²) >= 11 is 3.21. The SMILES string of the molecule is NS(=O)(=O)c1ccc(N2C(=O)C[C@@H](c3ccccc3)C2=O)c(Br)c1. The molecule has 124 valence electrons. The van der Waals surface area contributed by atoms with E-state index in [9.17, 15) is 18.0 Å². The molecule has 0 spiro atoms. The highest BCUT2D eigenvalue weighted by Crippen LogP contribution is 2.37. The van der Waals surface area contributed by atoms with E-state index in [1.54, 1.807) is 12.1 Å². The van der Waals surface area contributed by atoms with E-state index in [0.717, 1.165) is 10.5 Å². The van der Waals surface area contributed by atoms with Crippen LogP contribution in [0.3, 0.4) is 0 Å². The van der Waals surface area contributed by atoms with Crippen molar-refractivity contribution in [3.8, 4) is 0 Å². The molecule has 3 rings (SSSR count). The maximum atomic E-state index is 12.7. The summed E-state index contributed by atoms with van der Waals surface area (Å²) in [6, 6.07) is 13.0. The fourth-order valence-corrected chi connectivity index (χ4v) is 3.92. The molecule has 2 aromatic carbocycles. The lowest BCUT2D eigenvalue weighted by Crippen LogP contribution is -2.30. The molecule has 0 saturated carbocycles. The molecule has 1 aliphatic rings. The standard InChI is InChI=1S/C16H13BrN2O4S/c17-13-8-11(24(18,22)23)6-7-14(13)19-15(20)9-12(16(19)21)10-4-2-1-3-5-10/h1-8,12H,9H2,(H2,18,22,23)/t12-/m0/s1. The molecule has 0 aromatic heterocycles. The predicted molar refractivity (Wildman–Crippen MR) is 91.8 cm³/mol. The van der Waals surface area contributed by atoms with Gasteiger partial charge in [-0.05, 0) is 39.7 Å². The number of amides is 2. The number of nitrogens with zero attached hydrogens (tertiary/aromatic N) is 1. The molecule has 8 heteroatoms. The van der Waals surface area contributed by atoms with Crippen molar-refractivity contribution in [3.05, 3.63) is 58.6 Å². The summed E-state index contributed by atoms with van der Waals surface area (Å²) in [5, 5.41) is 5.09. The Morgan fingerprint density at radius 3 is 2.33 bits per heavy atom. The minimum Gasteiger partial charge on any atom is -0.274 e. The average molecular weight is 409 g/mol. The fourth-order valence-electron chi connectivity index (χ4n) is 2.68. The van der Waals surface area contributed by atoms with Crippen LogP contribution < -0.4 is 10.0 Å². The lowest BCUT2D eigenvalue weighted by molar-refractivity contribution is -0.121. The van der Waals surface area contributed by atoms with Gasteiger partial charge in [0.15, 0.2) is 0 Å². The molecule has 1 aliphatic heterocycles. The van der Waals surface area contributed by atoms with E-state index >= 15 is 0 Å². The number of imide groups is 1. The monoisotopic (exact) mass is 408 g/mol. The highest BCUT2D eigenvalue weighted by atomic mass is 79.9. The molecule has 2 amide bonds. The Morgan fingerprint density at radius 2 is 1.75 bits per heavy atom. The van der Waals surface area contributed by atoms with Gasteiger partial charge < -0.3 is 0 Å². The number of halogens is 1. The Morgan fingerprint density at radius 1 is 1.08 bits per heavy atom. The first-order valence-corrected chi connectivity index (χ1v) is 9.37. The number of primary sulfonamides is 1. The lowest BCUT2D eigenvalue weighted by atomic mass is 9.98. The molecule has 2 N–H and O–H groups in total. The summed E-state index contributed by atoms with van der Waals surface area (Å²) in [5.74, 6) is -1.21. The van der Waals surface area contributed by atoms with Crippen molar-refractivity contribution in [2.75, 3.05) is 4.90 Å². The van der Waals surface area contributed by atoms with E-state index < -0.39 is 15.9 Å². The first kappa shape index (κ1) is 16.8. The number of anilines is 1. The van der Waals surface area contributed by atoms with Crippen LogP contribution in [0.25, 0.3) is 0 Å². The van der Waals surface area contributed by atoms with Crippen LogP contribution in [0.1, 0.15) is 17.9 Å². The Hall–Kier alpha value is -2.03. The van der Waals surface area contributed by atoms with Crippen molar-refractivity contribution in [2.45, 2.75) is 17.2 Å². The lowest BCUT2D eigenvalue weighted by Gasteiger charge is -2.17. The highest BCUT2D eigenvalue weighted by Gasteiger charge is 2.41. The van der Waals surface area contributed by atoms with E-state index in [4.69, 9.17) is 5.14 Å². The molecule has 2 aromatic rings. The van der Waals surface area contributed by atoms with Crippen LogP contribution >= 0.6 is 15.9 Å². The Balaban J connectivity index is 1.98. The quantitative estimate of drug-likeness (QED) is 0.786. The van der Waals surface area contributed by atoms with Gasteiger partial charge in [0, 0.05) is 10.9 Å². The molecular weight excluding hydrogens is 396 g/mol. The van der Waals surface area contributed by atoms with Gasteiger partial charge in [0.25, 0.3) is 0 Å². The van der Waals surface area contributed by atoms with Crippen molar-refractivity contribution in [3.63, 3.8) is 0 Å². The summed E-state index contributed by atoms with van der Waals surface area (Å²) in [4.78, 5) is 26.0. The molecule has 0 aliphatic carbocycles. The smallest absolute Gasteiger partial charge is 0.241 e. The molecule has 0 bridgehead atoms. The van der Waals surface area contributed by atoms with Gasteiger partial charge in [-0.1, -0.05) is 30.3 Å². The molecule has 6 nitrogen and oxygen atoms in total. The van der Waals surface area contributed by atoms with Crippen molar-refractivity contribution in [1.29, 1.82) is 0 Å². The number of carbonyl (C=O) groups excluding carboxylic acids is 2. The number of benzene rings is 2. The maximum absolute atomic E-state index is 12.7. The number of hydrogen-bond donors (Lipinski definition) is 1. The van der Waals surface area contributed by atoms with Crippen molar-refractivity contribution in [1.82, 2.24) is 0 Å². The van der Waals surface area contributed by atoms with Crippen LogP contribution in [0.5, 0.6) is 0 Å². The van der Waals surface area contributed by atoms with Crippen LogP contribution in [0, 0.1) is 0 Å². The topological polar surface area (TPSA) is 97.5 Å². The van der Waals surface area contributed by atoms with Gasteiger partial charge in [-0.15, -0.1) is 0 Å². The number of carbonyl (C=O) groups is 2. The van der Waals surface area contributed by atoms with Gasteiger partial charge in [-0.25, -0.2) is 18.5 Å². The minimum atomic E-state index is -3.86. The summed E-state index contributed by atoms with van der Waals surface area (Å²) in [5.41, 5.74) is 1.08. The fraction of sp³-hybridized carbons (Fsp3) is 0.125. The van der Waals surface area contributed by atoms with E-state index in [-0.39, 0.29) is 23.1 Å². The second kappa shape index (κ2) is 6.12. The van der Waals surface area contributed by atoms with Crippen molar-refractivity contribution in [2.24, 2.45) is 5.14 Å². The van der Waals surface area contributed by atoms with E-state index in [2.05, 4.69) is 15.9 Å². The number of hydrogen-bond acceptors (Lipinski definition) is 4. The van der Waals surface area contributed by atoms with Gasteiger partial charge in [0.05, 0.1) is 16.5 Å². The van der Waals surface area contributed by atoms with Crippen LogP contribution in [0.2, 0.25) is 0 Å². The maximum Gasteiger partial charge on any atom is 0.241 e. The summed E-state index contributed by atoms with van der Waals surface area (Å²) in [6.45, 7) is 0. The molecule has 1 saturated heterocycles. The molecular formula is C16H13BrN2O4S. The molecule has 24 heavy (non-hydrogen) atoms. The number of nitrogens with two attached hydrogens (primary N) is 1. The zero-order chi connectivity index (χ0) is 17.5. The summed E-state index contributed by atoms with van der Waals surface area (Å²) in [7, 11) is -3.86. The summed E-state index contributed by atoms with van der Waals surface area (Å²) in [6.07, 6.45) is 0.0756. The first-order chi connectivity index (χ1) is 11.3. The molecule has 0 unspecified atom stereocenters. The van der Waals surface area contributed by atoms with Gasteiger partial charge >= 0.3 is 0 Å². The van der Waals surface area contributed by atoms with Gasteiger partial charge in [0.1, 0.15) is 0 Å². The zero-order valence-corrected chi connectivity index (χ0v) is 14.7. The number of rotatable bonds is 3. The zero-order valence-electron chi connectivity index (χ0n) is 12.3. The van der Waals surface area contributed by atoms with E-state index in [1.807, 2.05) is 18.2 Å². The van der Waals surface area contributed by atoms with E-state index in [0.29, 0.717) is 10.2 Å². The third-order valence-corrected chi connectivity index (χ3v) is 5.38. The van der Waals surface area contributed by atoms with Crippen LogP contribution in [-0.2, 0) is 19.6 Å². The van der Waals surface area contributed by atoms with E-state index in [1.165, 1.54) is 18.2 Å². The Kier molecular flexibility index (Phi) is 4.29. The largest absolute Gasteiger partial charge is 0.274 e.